The molecule has 1 unspecified atom stereocenters. The van der Waals surface area contributed by atoms with Crippen LogP contribution < -0.4 is 10.2 Å². The van der Waals surface area contributed by atoms with E-state index in [2.05, 4.69) is 6.58 Å². The Balaban J connectivity index is 1.55. The summed E-state index contributed by atoms with van der Waals surface area (Å²) in [4.78, 5) is 28.4. The number of rotatable bonds is 6. The maximum absolute atomic E-state index is 13.5. The molecule has 6 heteroatoms. The van der Waals surface area contributed by atoms with E-state index < -0.39 is 6.04 Å². The van der Waals surface area contributed by atoms with Crippen molar-refractivity contribution in [2.24, 2.45) is 0 Å². The van der Waals surface area contributed by atoms with Gasteiger partial charge in [-0.3, -0.25) is 9.59 Å². The van der Waals surface area contributed by atoms with Crippen LogP contribution in [0.15, 0.2) is 88.6 Å². The number of fused-ring (bicyclic) bond motifs is 2. The van der Waals surface area contributed by atoms with Gasteiger partial charge in [0.1, 0.15) is 17.9 Å². The van der Waals surface area contributed by atoms with Crippen LogP contribution >= 0.6 is 11.6 Å². The van der Waals surface area contributed by atoms with Crippen LogP contribution in [0.2, 0.25) is 5.02 Å². The molecule has 1 aromatic heterocycles. The smallest absolute Gasteiger partial charge is 0.291 e. The molecular formula is C28H22ClNO4. The van der Waals surface area contributed by atoms with Gasteiger partial charge >= 0.3 is 0 Å². The number of aryl methyl sites for hydroxylation is 1. The first-order valence-corrected chi connectivity index (χ1v) is 11.3. The summed E-state index contributed by atoms with van der Waals surface area (Å²) < 4.78 is 11.9. The van der Waals surface area contributed by atoms with Gasteiger partial charge in [0.15, 0.2) is 5.43 Å². The maximum Gasteiger partial charge on any atom is 0.291 e. The summed E-state index contributed by atoms with van der Waals surface area (Å²) in [6.07, 6.45) is 1.64. The minimum absolute atomic E-state index is 0.0653. The van der Waals surface area contributed by atoms with Crippen LogP contribution in [0.4, 0.5) is 0 Å². The van der Waals surface area contributed by atoms with Gasteiger partial charge in [-0.1, -0.05) is 60.1 Å². The van der Waals surface area contributed by atoms with Crippen molar-refractivity contribution < 1.29 is 13.9 Å². The second-order valence-electron chi connectivity index (χ2n) is 8.26. The quantitative estimate of drug-likeness (QED) is 0.320. The molecule has 0 saturated carbocycles. The van der Waals surface area contributed by atoms with Crippen LogP contribution in [0.3, 0.4) is 0 Å². The predicted octanol–water partition coefficient (Wildman–Crippen LogP) is 6.07. The van der Waals surface area contributed by atoms with E-state index in [0.29, 0.717) is 33.9 Å². The number of nitrogens with zero attached hydrogens (tertiary/aromatic N) is 1. The second kappa shape index (κ2) is 8.84. The zero-order chi connectivity index (χ0) is 23.8. The highest BCUT2D eigenvalue weighted by Gasteiger charge is 2.42. The lowest BCUT2D eigenvalue weighted by Crippen LogP contribution is -2.29. The zero-order valence-corrected chi connectivity index (χ0v) is 19.3. The summed E-state index contributed by atoms with van der Waals surface area (Å²) in [7, 11) is 0. The molecule has 0 N–H and O–H groups in total. The van der Waals surface area contributed by atoms with E-state index in [1.165, 1.54) is 0 Å². The number of carbonyl (C=O) groups excluding carboxylic acids is 1. The fraction of sp³-hybridized carbons (Fsp3) is 0.143. The van der Waals surface area contributed by atoms with Crippen molar-refractivity contribution in [2.75, 3.05) is 6.54 Å². The minimum atomic E-state index is -0.593. The Hall–Kier alpha value is -3.83. The van der Waals surface area contributed by atoms with Crippen molar-refractivity contribution in [3.05, 3.63) is 123 Å². The normalized spacial score (nSPS) is 14.9. The first kappa shape index (κ1) is 22.0. The SMILES string of the molecule is C=CCN1C(=O)c2oc3cc(C)c(Cl)cc3c(=O)c2C1c1ccc(OCc2ccccc2)cc1. The average Bonchev–Trinajstić information content (AvgIpc) is 3.12. The molecule has 170 valence electrons. The lowest BCUT2D eigenvalue weighted by atomic mass is 9.98. The van der Waals surface area contributed by atoms with Crippen molar-refractivity contribution in [2.45, 2.75) is 19.6 Å². The first-order valence-electron chi connectivity index (χ1n) is 10.9. The number of benzene rings is 3. The molecular weight excluding hydrogens is 450 g/mol. The summed E-state index contributed by atoms with van der Waals surface area (Å²) in [6, 6.07) is 20.0. The van der Waals surface area contributed by atoms with Gasteiger partial charge in [0.25, 0.3) is 5.91 Å². The third-order valence-electron chi connectivity index (χ3n) is 6.02. The lowest BCUT2D eigenvalue weighted by molar-refractivity contribution is 0.0748. The van der Waals surface area contributed by atoms with E-state index in [1.54, 1.807) is 23.1 Å². The fourth-order valence-corrected chi connectivity index (χ4v) is 4.47. The molecule has 0 fully saturated rings. The lowest BCUT2D eigenvalue weighted by Gasteiger charge is -2.24. The maximum atomic E-state index is 13.5. The van der Waals surface area contributed by atoms with E-state index >= 15 is 0 Å². The Morgan fingerprint density at radius 3 is 2.53 bits per heavy atom. The van der Waals surface area contributed by atoms with Crippen molar-refractivity contribution >= 4 is 28.5 Å². The summed E-state index contributed by atoms with van der Waals surface area (Å²) in [5.74, 6) is 0.423. The summed E-state index contributed by atoms with van der Waals surface area (Å²) in [6.45, 7) is 6.32. The first-order chi connectivity index (χ1) is 16.5. The molecule has 34 heavy (non-hydrogen) atoms. The Kier molecular flexibility index (Phi) is 5.72. The second-order valence-corrected chi connectivity index (χ2v) is 8.67. The molecule has 4 aromatic rings. The summed E-state index contributed by atoms with van der Waals surface area (Å²) in [5, 5.41) is 0.832. The molecule has 3 aromatic carbocycles. The van der Waals surface area contributed by atoms with Crippen LogP contribution in [-0.2, 0) is 6.61 Å². The summed E-state index contributed by atoms with van der Waals surface area (Å²) in [5.41, 5.74) is 3.03. The van der Waals surface area contributed by atoms with Gasteiger partial charge in [-0.25, -0.2) is 0 Å². The number of hydrogen-bond acceptors (Lipinski definition) is 4. The van der Waals surface area contributed by atoms with Crippen LogP contribution in [0.5, 0.6) is 5.75 Å². The predicted molar refractivity (Wildman–Crippen MR) is 133 cm³/mol. The molecule has 2 heterocycles. The van der Waals surface area contributed by atoms with Gasteiger partial charge < -0.3 is 14.1 Å². The molecule has 1 amide bonds. The minimum Gasteiger partial charge on any atom is -0.489 e. The van der Waals surface area contributed by atoms with Gasteiger partial charge in [-0.15, -0.1) is 6.58 Å². The molecule has 1 aliphatic rings. The highest BCUT2D eigenvalue weighted by molar-refractivity contribution is 6.32. The third kappa shape index (κ3) is 3.78. The van der Waals surface area contributed by atoms with Crippen molar-refractivity contribution in [3.8, 4) is 5.75 Å². The highest BCUT2D eigenvalue weighted by atomic mass is 35.5. The van der Waals surface area contributed by atoms with Crippen LogP contribution in [0.1, 0.15) is 38.9 Å². The number of amides is 1. The van der Waals surface area contributed by atoms with Crippen LogP contribution in [0, 0.1) is 6.92 Å². The van der Waals surface area contributed by atoms with Gasteiger partial charge in [0, 0.05) is 11.6 Å². The monoisotopic (exact) mass is 471 g/mol. The third-order valence-corrected chi connectivity index (χ3v) is 6.42. The largest absolute Gasteiger partial charge is 0.489 e. The van der Waals surface area contributed by atoms with E-state index in [-0.39, 0.29) is 23.6 Å². The molecule has 5 rings (SSSR count). The van der Waals surface area contributed by atoms with E-state index in [4.69, 9.17) is 20.8 Å². The highest BCUT2D eigenvalue weighted by Crippen LogP contribution is 2.39. The molecule has 0 spiro atoms. The van der Waals surface area contributed by atoms with E-state index in [1.807, 2.05) is 61.5 Å². The van der Waals surface area contributed by atoms with Gasteiger partial charge in [0.05, 0.1) is 17.0 Å². The molecule has 0 saturated heterocycles. The van der Waals surface area contributed by atoms with Crippen LogP contribution in [0.25, 0.3) is 11.0 Å². The number of halogens is 1. The van der Waals surface area contributed by atoms with Crippen LogP contribution in [-0.4, -0.2) is 17.4 Å². The molecule has 1 aliphatic heterocycles. The van der Waals surface area contributed by atoms with E-state index in [9.17, 15) is 9.59 Å². The number of carbonyl (C=O) groups is 1. The number of ether oxygens (including phenoxy) is 1. The fourth-order valence-electron chi connectivity index (χ4n) is 4.30. The van der Waals surface area contributed by atoms with Gasteiger partial charge in [-0.05, 0) is 47.9 Å². The van der Waals surface area contributed by atoms with Crippen molar-refractivity contribution in [3.63, 3.8) is 0 Å². The Morgan fingerprint density at radius 2 is 1.82 bits per heavy atom. The standard InChI is InChI=1S/C28H22ClNO4/c1-3-13-30-25(19-9-11-20(12-10-19)33-16-18-7-5-4-6-8-18)24-26(31)21-15-22(29)17(2)14-23(21)34-27(24)28(30)32/h3-12,14-15,25H,1,13,16H2,2H3. The Labute approximate surface area is 201 Å². The number of hydrogen-bond donors (Lipinski definition) is 0. The average molecular weight is 472 g/mol. The van der Waals surface area contributed by atoms with E-state index in [0.717, 1.165) is 16.7 Å². The molecule has 0 aliphatic carbocycles. The molecule has 5 nitrogen and oxygen atoms in total. The van der Waals surface area contributed by atoms with Gasteiger partial charge in [0.2, 0.25) is 5.76 Å². The van der Waals surface area contributed by atoms with Crippen molar-refractivity contribution in [1.82, 2.24) is 4.90 Å². The molecule has 0 radical (unpaired) electrons. The topological polar surface area (TPSA) is 59.8 Å². The molecule has 0 bridgehead atoms. The Morgan fingerprint density at radius 1 is 1.09 bits per heavy atom. The molecule has 1 atom stereocenters. The van der Waals surface area contributed by atoms with Crippen molar-refractivity contribution in [1.29, 1.82) is 0 Å². The Bertz CT molecular complexity index is 1460. The zero-order valence-electron chi connectivity index (χ0n) is 18.6. The summed E-state index contributed by atoms with van der Waals surface area (Å²) >= 11 is 6.28. The van der Waals surface area contributed by atoms with Gasteiger partial charge in [-0.2, -0.15) is 0 Å².